The van der Waals surface area contributed by atoms with Gasteiger partial charge in [0.2, 0.25) is 0 Å². The van der Waals surface area contributed by atoms with Crippen LogP contribution in [0, 0.1) is 0 Å². The highest BCUT2D eigenvalue weighted by Crippen LogP contribution is 2.18. The Labute approximate surface area is 182 Å². The van der Waals surface area contributed by atoms with E-state index in [-0.39, 0.29) is 0 Å². The number of likely N-dealkylation sites (tertiary alicyclic amines) is 1. The molecule has 2 N–H and O–H groups in total. The molecule has 166 valence electrons. The van der Waals surface area contributed by atoms with E-state index >= 15 is 0 Å². The molecule has 1 aromatic rings. The second kappa shape index (κ2) is 11.9. The van der Waals surface area contributed by atoms with Crippen molar-refractivity contribution in [2.75, 3.05) is 44.2 Å². The van der Waals surface area contributed by atoms with Gasteiger partial charge in [-0.05, 0) is 57.2 Å². The van der Waals surface area contributed by atoms with Crippen LogP contribution in [0.25, 0.3) is 0 Å². The highest BCUT2D eigenvalue weighted by atomic mass is 15.2. The van der Waals surface area contributed by atoms with Crippen LogP contribution in [0.4, 0.5) is 5.82 Å². The first-order valence-corrected chi connectivity index (χ1v) is 11.8. The number of hydrogen-bond acceptors (Lipinski definition) is 4. The summed E-state index contributed by atoms with van der Waals surface area (Å²) in [6, 6.07) is 4.79. The summed E-state index contributed by atoms with van der Waals surface area (Å²) in [5, 5.41) is 7.07. The number of nitrogens with zero attached hydrogens (tertiary/aromatic N) is 4. The molecule has 2 aliphatic heterocycles. The van der Waals surface area contributed by atoms with Crippen LogP contribution in [-0.2, 0) is 6.54 Å². The summed E-state index contributed by atoms with van der Waals surface area (Å²) < 4.78 is 0. The van der Waals surface area contributed by atoms with E-state index in [4.69, 9.17) is 4.99 Å². The summed E-state index contributed by atoms with van der Waals surface area (Å²) in [6.45, 7) is 15.3. The lowest BCUT2D eigenvalue weighted by molar-refractivity contribution is 0.221. The van der Waals surface area contributed by atoms with Crippen molar-refractivity contribution in [3.05, 3.63) is 36.0 Å². The molecule has 2 saturated heterocycles. The summed E-state index contributed by atoms with van der Waals surface area (Å²) in [7, 11) is 0. The Bertz CT molecular complexity index is 685. The average molecular weight is 413 g/mol. The van der Waals surface area contributed by atoms with Gasteiger partial charge in [-0.25, -0.2) is 9.98 Å². The Morgan fingerprint density at radius 2 is 1.90 bits per heavy atom. The summed E-state index contributed by atoms with van der Waals surface area (Å²) in [5.74, 6) is 2.02. The summed E-state index contributed by atoms with van der Waals surface area (Å²) >= 11 is 0. The van der Waals surface area contributed by atoms with E-state index < -0.39 is 0 Å². The van der Waals surface area contributed by atoms with Crippen LogP contribution in [0.15, 0.2) is 35.5 Å². The Balaban J connectivity index is 1.55. The zero-order valence-corrected chi connectivity index (χ0v) is 19.0. The van der Waals surface area contributed by atoms with Gasteiger partial charge >= 0.3 is 0 Å². The summed E-state index contributed by atoms with van der Waals surface area (Å²) in [4.78, 5) is 14.4. The van der Waals surface area contributed by atoms with E-state index in [1.807, 2.05) is 6.20 Å². The number of rotatable bonds is 7. The molecule has 3 heterocycles. The zero-order valence-electron chi connectivity index (χ0n) is 19.0. The maximum atomic E-state index is 4.87. The molecule has 0 amide bonds. The number of pyridine rings is 1. The Morgan fingerprint density at radius 3 is 2.57 bits per heavy atom. The smallest absolute Gasteiger partial charge is 0.191 e. The van der Waals surface area contributed by atoms with Crippen LogP contribution in [0.3, 0.4) is 0 Å². The molecule has 0 atom stereocenters. The standard InChI is InChI=1S/C24H40N6/c1-4-25-24(28-22-10-15-29(16-11-22)19-20(2)3)27-18-21-9-12-26-23(17-21)30-13-7-5-6-8-14-30/h9,12,17,22H,2,4-8,10-11,13-16,18-19H2,1,3H3,(H2,25,27,28). The van der Waals surface area contributed by atoms with Gasteiger partial charge in [-0.15, -0.1) is 0 Å². The molecule has 0 saturated carbocycles. The fraction of sp³-hybridized carbons (Fsp3) is 0.667. The first kappa shape index (κ1) is 22.6. The average Bonchev–Trinajstić information content (AvgIpc) is 3.03. The van der Waals surface area contributed by atoms with Gasteiger partial charge in [-0.3, -0.25) is 4.90 Å². The van der Waals surface area contributed by atoms with Crippen LogP contribution >= 0.6 is 0 Å². The van der Waals surface area contributed by atoms with E-state index in [1.54, 1.807) is 0 Å². The minimum absolute atomic E-state index is 0.481. The van der Waals surface area contributed by atoms with Crippen LogP contribution in [-0.4, -0.2) is 61.2 Å². The van der Waals surface area contributed by atoms with Crippen molar-refractivity contribution in [1.29, 1.82) is 0 Å². The lowest BCUT2D eigenvalue weighted by atomic mass is 10.0. The molecule has 0 radical (unpaired) electrons. The van der Waals surface area contributed by atoms with Gasteiger partial charge < -0.3 is 15.5 Å². The monoisotopic (exact) mass is 412 g/mol. The fourth-order valence-electron chi connectivity index (χ4n) is 4.33. The molecular weight excluding hydrogens is 372 g/mol. The molecule has 6 nitrogen and oxygen atoms in total. The van der Waals surface area contributed by atoms with Crippen molar-refractivity contribution in [2.24, 2.45) is 4.99 Å². The molecule has 30 heavy (non-hydrogen) atoms. The summed E-state index contributed by atoms with van der Waals surface area (Å²) in [5.41, 5.74) is 2.46. The van der Waals surface area contributed by atoms with E-state index in [9.17, 15) is 0 Å². The second-order valence-electron chi connectivity index (χ2n) is 8.77. The van der Waals surface area contributed by atoms with Crippen LogP contribution in [0.2, 0.25) is 0 Å². The number of aromatic nitrogens is 1. The fourth-order valence-corrected chi connectivity index (χ4v) is 4.33. The molecular formula is C24H40N6. The normalized spacial score (nSPS) is 19.4. The highest BCUT2D eigenvalue weighted by Gasteiger charge is 2.19. The molecule has 6 heteroatoms. The number of aliphatic imine (C=N–C) groups is 1. The predicted molar refractivity (Wildman–Crippen MR) is 127 cm³/mol. The van der Waals surface area contributed by atoms with Crippen molar-refractivity contribution < 1.29 is 0 Å². The molecule has 0 unspecified atom stereocenters. The molecule has 0 aliphatic carbocycles. The van der Waals surface area contributed by atoms with E-state index in [2.05, 4.69) is 58.0 Å². The number of guanidine groups is 1. The Morgan fingerprint density at radius 1 is 1.17 bits per heavy atom. The van der Waals surface area contributed by atoms with Crippen molar-refractivity contribution in [3.63, 3.8) is 0 Å². The predicted octanol–water partition coefficient (Wildman–Crippen LogP) is 3.56. The number of anilines is 1. The number of hydrogen-bond donors (Lipinski definition) is 2. The van der Waals surface area contributed by atoms with E-state index in [0.29, 0.717) is 12.6 Å². The maximum absolute atomic E-state index is 4.87. The highest BCUT2D eigenvalue weighted by molar-refractivity contribution is 5.80. The topological polar surface area (TPSA) is 55.8 Å². The zero-order chi connectivity index (χ0) is 21.2. The van der Waals surface area contributed by atoms with Gasteiger partial charge in [0.1, 0.15) is 5.82 Å². The molecule has 1 aromatic heterocycles. The molecule has 0 spiro atoms. The van der Waals surface area contributed by atoms with Gasteiger partial charge in [-0.2, -0.15) is 0 Å². The number of nitrogens with one attached hydrogen (secondary N) is 2. The van der Waals surface area contributed by atoms with Crippen molar-refractivity contribution in [1.82, 2.24) is 20.5 Å². The lowest BCUT2D eigenvalue weighted by Gasteiger charge is -2.33. The minimum atomic E-state index is 0.481. The van der Waals surface area contributed by atoms with Crippen molar-refractivity contribution in [3.8, 4) is 0 Å². The minimum Gasteiger partial charge on any atom is -0.357 e. The second-order valence-corrected chi connectivity index (χ2v) is 8.77. The molecule has 0 bridgehead atoms. The third kappa shape index (κ3) is 7.31. The van der Waals surface area contributed by atoms with Crippen LogP contribution < -0.4 is 15.5 Å². The lowest BCUT2D eigenvalue weighted by Crippen LogP contribution is -2.48. The van der Waals surface area contributed by atoms with Crippen molar-refractivity contribution >= 4 is 11.8 Å². The first-order chi connectivity index (χ1) is 14.6. The third-order valence-electron chi connectivity index (χ3n) is 5.93. The van der Waals surface area contributed by atoms with Crippen LogP contribution in [0.5, 0.6) is 0 Å². The van der Waals surface area contributed by atoms with E-state index in [0.717, 1.165) is 63.9 Å². The van der Waals surface area contributed by atoms with Gasteiger partial charge in [0.05, 0.1) is 6.54 Å². The molecule has 0 aromatic carbocycles. The van der Waals surface area contributed by atoms with Gasteiger partial charge in [-0.1, -0.05) is 25.0 Å². The SMILES string of the molecule is C=C(C)CN1CCC(NC(=NCc2ccnc(N3CCCCCC3)c2)NCC)CC1. The first-order valence-electron chi connectivity index (χ1n) is 11.8. The largest absolute Gasteiger partial charge is 0.357 e. The van der Waals surface area contributed by atoms with Gasteiger partial charge in [0.25, 0.3) is 0 Å². The molecule has 2 fully saturated rings. The van der Waals surface area contributed by atoms with Crippen LogP contribution in [0.1, 0.15) is 57.9 Å². The third-order valence-corrected chi connectivity index (χ3v) is 5.93. The maximum Gasteiger partial charge on any atom is 0.191 e. The molecule has 2 aliphatic rings. The quantitative estimate of drug-likeness (QED) is 0.407. The van der Waals surface area contributed by atoms with Crippen molar-refractivity contribution in [2.45, 2.75) is 65.0 Å². The van der Waals surface area contributed by atoms with Gasteiger partial charge in [0.15, 0.2) is 5.96 Å². The number of piperidine rings is 1. The molecule has 3 rings (SSSR count). The Hall–Kier alpha value is -2.08. The summed E-state index contributed by atoms with van der Waals surface area (Å²) in [6.07, 6.45) is 9.43. The van der Waals surface area contributed by atoms with E-state index in [1.165, 1.54) is 36.8 Å². The van der Waals surface area contributed by atoms with Gasteiger partial charge in [0, 0.05) is 51.5 Å². The Kier molecular flexibility index (Phi) is 9.00.